The largest absolute Gasteiger partial charge is 0.508 e. The molecule has 0 fully saturated rings. The summed E-state index contributed by atoms with van der Waals surface area (Å²) in [6, 6.07) is 22.0. The second-order valence-electron chi connectivity index (χ2n) is 6.00. The van der Waals surface area contributed by atoms with E-state index in [1.54, 1.807) is 37.6 Å². The maximum Gasteiger partial charge on any atom is 0.127 e. The van der Waals surface area contributed by atoms with Crippen molar-refractivity contribution in [3.8, 4) is 23.0 Å². The molecule has 3 aromatic carbocycles. The highest BCUT2D eigenvalue weighted by atomic mass is 16.5. The van der Waals surface area contributed by atoms with Crippen LogP contribution in [0.1, 0.15) is 0 Å². The van der Waals surface area contributed by atoms with E-state index in [2.05, 4.69) is 10.3 Å². The summed E-state index contributed by atoms with van der Waals surface area (Å²) in [5.41, 5.74) is 2.66. The van der Waals surface area contributed by atoms with Crippen molar-refractivity contribution >= 4 is 22.3 Å². The van der Waals surface area contributed by atoms with Crippen LogP contribution >= 0.6 is 0 Å². The van der Waals surface area contributed by atoms with Crippen LogP contribution in [0.25, 0.3) is 10.9 Å². The number of nitrogens with one attached hydrogen (secondary N) is 1. The summed E-state index contributed by atoms with van der Waals surface area (Å²) in [5, 5.41) is 13.7. The molecule has 1 aromatic heterocycles. The Hall–Kier alpha value is -3.73. The van der Waals surface area contributed by atoms with E-state index in [9.17, 15) is 5.11 Å². The van der Waals surface area contributed by atoms with E-state index in [1.807, 2.05) is 48.5 Å². The molecule has 0 saturated heterocycles. The molecule has 0 saturated carbocycles. The van der Waals surface area contributed by atoms with Crippen LogP contribution in [0.2, 0.25) is 0 Å². The van der Waals surface area contributed by atoms with Crippen LogP contribution in [-0.4, -0.2) is 17.2 Å². The number of hydrogen-bond donors (Lipinski definition) is 2. The second kappa shape index (κ2) is 7.25. The van der Waals surface area contributed by atoms with Crippen molar-refractivity contribution in [3.63, 3.8) is 0 Å². The van der Waals surface area contributed by atoms with Crippen LogP contribution in [0, 0.1) is 0 Å². The fourth-order valence-electron chi connectivity index (χ4n) is 2.79. The topological polar surface area (TPSA) is 63.6 Å². The number of pyridine rings is 1. The fourth-order valence-corrected chi connectivity index (χ4v) is 2.79. The monoisotopic (exact) mass is 358 g/mol. The molecule has 0 aliphatic heterocycles. The molecule has 0 aliphatic rings. The molecule has 5 nitrogen and oxygen atoms in total. The third-order valence-corrected chi connectivity index (χ3v) is 4.12. The van der Waals surface area contributed by atoms with Gasteiger partial charge in [0, 0.05) is 23.3 Å². The smallest absolute Gasteiger partial charge is 0.127 e. The van der Waals surface area contributed by atoms with Gasteiger partial charge in [-0.25, -0.2) is 0 Å². The lowest BCUT2D eigenvalue weighted by Crippen LogP contribution is -1.95. The van der Waals surface area contributed by atoms with Crippen molar-refractivity contribution in [3.05, 3.63) is 79.0 Å². The second-order valence-corrected chi connectivity index (χ2v) is 6.00. The van der Waals surface area contributed by atoms with Crippen LogP contribution in [-0.2, 0) is 0 Å². The average Bonchev–Trinajstić information content (AvgIpc) is 2.71. The average molecular weight is 358 g/mol. The Morgan fingerprint density at radius 3 is 2.26 bits per heavy atom. The van der Waals surface area contributed by atoms with Crippen LogP contribution in [0.4, 0.5) is 11.4 Å². The lowest BCUT2D eigenvalue weighted by Gasteiger charge is -2.12. The summed E-state index contributed by atoms with van der Waals surface area (Å²) in [7, 11) is 1.65. The zero-order valence-electron chi connectivity index (χ0n) is 14.7. The van der Waals surface area contributed by atoms with E-state index in [-0.39, 0.29) is 5.75 Å². The number of anilines is 2. The minimum absolute atomic E-state index is 0.209. The number of methoxy groups -OCH3 is 1. The summed E-state index contributed by atoms with van der Waals surface area (Å²) in [5.74, 6) is 2.35. The van der Waals surface area contributed by atoms with Crippen LogP contribution < -0.4 is 14.8 Å². The molecule has 0 unspecified atom stereocenters. The Bertz CT molecular complexity index is 1060. The highest BCUT2D eigenvalue weighted by molar-refractivity contribution is 5.93. The highest BCUT2D eigenvalue weighted by Gasteiger charge is 2.07. The molecule has 27 heavy (non-hydrogen) atoms. The number of hydrogen-bond acceptors (Lipinski definition) is 5. The summed E-state index contributed by atoms with van der Waals surface area (Å²) in [4.78, 5) is 4.47. The molecule has 4 rings (SSSR count). The van der Waals surface area contributed by atoms with Crippen LogP contribution in [0.5, 0.6) is 23.0 Å². The summed E-state index contributed by atoms with van der Waals surface area (Å²) < 4.78 is 11.2. The molecule has 0 amide bonds. The maximum absolute atomic E-state index is 9.33. The minimum Gasteiger partial charge on any atom is -0.508 e. The zero-order valence-corrected chi connectivity index (χ0v) is 14.7. The minimum atomic E-state index is 0.209. The van der Waals surface area contributed by atoms with Crippen molar-refractivity contribution in [2.24, 2.45) is 0 Å². The molecule has 0 radical (unpaired) electrons. The molecule has 4 aromatic rings. The van der Waals surface area contributed by atoms with E-state index in [1.165, 1.54) is 0 Å². The van der Waals surface area contributed by atoms with E-state index < -0.39 is 0 Å². The molecule has 0 atom stereocenters. The Labute approximate surface area is 156 Å². The van der Waals surface area contributed by atoms with Gasteiger partial charge in [0.05, 0.1) is 18.3 Å². The Morgan fingerprint density at radius 2 is 1.56 bits per heavy atom. The molecule has 0 bridgehead atoms. The van der Waals surface area contributed by atoms with E-state index in [4.69, 9.17) is 9.47 Å². The lowest BCUT2D eigenvalue weighted by atomic mass is 10.1. The maximum atomic E-state index is 9.33. The first kappa shape index (κ1) is 16.7. The molecule has 5 heteroatoms. The number of phenolic OH excluding ortho intramolecular Hbond substituents is 1. The Kier molecular flexibility index (Phi) is 4.49. The summed E-state index contributed by atoms with van der Waals surface area (Å²) in [6.45, 7) is 0. The molecular formula is C22H18N2O3. The van der Waals surface area contributed by atoms with Crippen molar-refractivity contribution in [2.45, 2.75) is 0 Å². The third kappa shape index (κ3) is 3.77. The van der Waals surface area contributed by atoms with Gasteiger partial charge in [0.2, 0.25) is 0 Å². The van der Waals surface area contributed by atoms with Gasteiger partial charge in [0.1, 0.15) is 23.0 Å². The van der Waals surface area contributed by atoms with Gasteiger partial charge in [-0.3, -0.25) is 4.98 Å². The van der Waals surface area contributed by atoms with Gasteiger partial charge in [0.25, 0.3) is 0 Å². The van der Waals surface area contributed by atoms with Crippen LogP contribution in [0.15, 0.2) is 79.0 Å². The number of aromatic nitrogens is 1. The lowest BCUT2D eigenvalue weighted by molar-refractivity contribution is 0.415. The molecule has 134 valence electrons. The Balaban J connectivity index is 1.56. The number of ether oxygens (including phenoxy) is 2. The number of fused-ring (bicyclic) bond motifs is 1. The number of benzene rings is 3. The van der Waals surface area contributed by atoms with Gasteiger partial charge in [-0.2, -0.15) is 0 Å². The van der Waals surface area contributed by atoms with E-state index in [0.717, 1.165) is 28.0 Å². The van der Waals surface area contributed by atoms with Crippen molar-refractivity contribution in [1.29, 1.82) is 0 Å². The predicted molar refractivity (Wildman–Crippen MR) is 106 cm³/mol. The molecule has 2 N–H and O–H groups in total. The van der Waals surface area contributed by atoms with Crippen molar-refractivity contribution < 1.29 is 14.6 Å². The zero-order chi connectivity index (χ0) is 18.6. The first-order valence-electron chi connectivity index (χ1n) is 8.48. The number of rotatable bonds is 5. The standard InChI is InChI=1S/C22H18N2O3/c1-26-20-13-15-3-2-12-23-22(15)21(14-20)24-16-4-8-18(9-5-16)27-19-10-6-17(25)7-11-19/h2-14,24-25H,1H3. The van der Waals surface area contributed by atoms with E-state index in [0.29, 0.717) is 11.5 Å². The molecule has 0 spiro atoms. The first-order chi connectivity index (χ1) is 13.2. The van der Waals surface area contributed by atoms with Crippen LogP contribution in [0.3, 0.4) is 0 Å². The normalized spacial score (nSPS) is 10.6. The fraction of sp³-hybridized carbons (Fsp3) is 0.0455. The third-order valence-electron chi connectivity index (χ3n) is 4.12. The van der Waals surface area contributed by atoms with Crippen molar-refractivity contribution in [2.75, 3.05) is 12.4 Å². The Morgan fingerprint density at radius 1 is 0.852 bits per heavy atom. The molecule has 1 heterocycles. The van der Waals surface area contributed by atoms with Crippen molar-refractivity contribution in [1.82, 2.24) is 4.98 Å². The highest BCUT2D eigenvalue weighted by Crippen LogP contribution is 2.31. The number of nitrogens with zero attached hydrogens (tertiary/aromatic N) is 1. The summed E-state index contributed by atoms with van der Waals surface area (Å²) in [6.07, 6.45) is 1.77. The predicted octanol–water partition coefficient (Wildman–Crippen LogP) is 5.48. The molecule has 0 aliphatic carbocycles. The van der Waals surface area contributed by atoms with Gasteiger partial charge in [0.15, 0.2) is 0 Å². The number of phenols is 1. The van der Waals surface area contributed by atoms with Gasteiger partial charge < -0.3 is 19.9 Å². The molecular weight excluding hydrogens is 340 g/mol. The van der Waals surface area contributed by atoms with Gasteiger partial charge in [-0.15, -0.1) is 0 Å². The number of aromatic hydroxyl groups is 1. The first-order valence-corrected chi connectivity index (χ1v) is 8.48. The summed E-state index contributed by atoms with van der Waals surface area (Å²) >= 11 is 0. The van der Waals surface area contributed by atoms with E-state index >= 15 is 0 Å². The van der Waals surface area contributed by atoms with Gasteiger partial charge in [-0.05, 0) is 60.7 Å². The van der Waals surface area contributed by atoms with Gasteiger partial charge >= 0.3 is 0 Å². The quantitative estimate of drug-likeness (QED) is 0.494. The SMILES string of the molecule is COc1cc(Nc2ccc(Oc3ccc(O)cc3)cc2)c2ncccc2c1. The van der Waals surface area contributed by atoms with Gasteiger partial charge in [-0.1, -0.05) is 6.07 Å².